The van der Waals surface area contributed by atoms with Crippen LogP contribution in [0.15, 0.2) is 42.6 Å². The number of nitrogens with zero attached hydrogens (tertiary/aromatic N) is 1. The number of amides is 1. The maximum atomic E-state index is 12.0. The maximum Gasteiger partial charge on any atom is 0.337 e. The smallest absolute Gasteiger partial charge is 0.337 e. The van der Waals surface area contributed by atoms with Crippen molar-refractivity contribution in [2.45, 2.75) is 19.8 Å². The van der Waals surface area contributed by atoms with E-state index in [0.29, 0.717) is 12.1 Å². The largest absolute Gasteiger partial charge is 0.478 e. The highest BCUT2D eigenvalue weighted by Crippen LogP contribution is 2.20. The van der Waals surface area contributed by atoms with E-state index >= 15 is 0 Å². The molecule has 0 aliphatic rings. The molecule has 5 heteroatoms. The summed E-state index contributed by atoms with van der Waals surface area (Å²) in [6.45, 7) is 1.76. The number of hydrogen-bond acceptors (Lipinski definition) is 3. The van der Waals surface area contributed by atoms with Gasteiger partial charge in [-0.15, -0.1) is 0 Å². The molecule has 1 aromatic carbocycles. The summed E-state index contributed by atoms with van der Waals surface area (Å²) < 4.78 is 0. The Morgan fingerprint density at radius 3 is 2.67 bits per heavy atom. The summed E-state index contributed by atoms with van der Waals surface area (Å²) in [7, 11) is 0. The first-order valence-corrected chi connectivity index (χ1v) is 6.60. The molecule has 2 N–H and O–H groups in total. The summed E-state index contributed by atoms with van der Waals surface area (Å²) in [6, 6.07) is 10.4. The van der Waals surface area contributed by atoms with E-state index in [1.54, 1.807) is 25.3 Å². The number of carbonyl (C=O) groups is 2. The number of carbonyl (C=O) groups excluding carboxylic acids is 1. The highest BCUT2D eigenvalue weighted by Gasteiger charge is 2.14. The third-order valence-electron chi connectivity index (χ3n) is 3.10. The Balaban J connectivity index is 2.05. The quantitative estimate of drug-likeness (QED) is 0.884. The van der Waals surface area contributed by atoms with E-state index in [0.717, 1.165) is 11.3 Å². The Morgan fingerprint density at radius 1 is 1.19 bits per heavy atom. The first-order valence-electron chi connectivity index (χ1n) is 6.60. The summed E-state index contributed by atoms with van der Waals surface area (Å²) in [6.07, 6.45) is 2.45. The highest BCUT2D eigenvalue weighted by molar-refractivity contribution is 6.01. The summed E-state index contributed by atoms with van der Waals surface area (Å²) in [5, 5.41) is 11.8. The minimum Gasteiger partial charge on any atom is -0.478 e. The Kier molecular flexibility index (Phi) is 4.66. The zero-order chi connectivity index (χ0) is 15.2. The summed E-state index contributed by atoms with van der Waals surface area (Å²) >= 11 is 0. The number of para-hydroxylation sites is 1. The van der Waals surface area contributed by atoms with Crippen molar-refractivity contribution < 1.29 is 14.7 Å². The predicted octanol–water partition coefficient (Wildman–Crippen LogP) is 2.66. The lowest BCUT2D eigenvalue weighted by atomic mass is 10.1. The fourth-order valence-electron chi connectivity index (χ4n) is 2.00. The molecule has 2 rings (SSSR count). The fourth-order valence-corrected chi connectivity index (χ4v) is 2.00. The number of pyridine rings is 1. The molecule has 108 valence electrons. The van der Waals surface area contributed by atoms with Gasteiger partial charge in [0.2, 0.25) is 5.91 Å². The zero-order valence-corrected chi connectivity index (χ0v) is 11.7. The monoisotopic (exact) mass is 284 g/mol. The van der Waals surface area contributed by atoms with Gasteiger partial charge in [0.25, 0.3) is 0 Å². The zero-order valence-electron chi connectivity index (χ0n) is 11.7. The third-order valence-corrected chi connectivity index (χ3v) is 3.10. The van der Waals surface area contributed by atoms with Crippen LogP contribution < -0.4 is 5.32 Å². The summed E-state index contributed by atoms with van der Waals surface area (Å²) in [5.74, 6) is -1.28. The molecule has 0 spiro atoms. The lowest BCUT2D eigenvalue weighted by molar-refractivity contribution is -0.116. The number of nitrogens with one attached hydrogen (secondary N) is 1. The molecule has 0 saturated heterocycles. The molecule has 0 aliphatic heterocycles. The average Bonchev–Trinajstić information content (AvgIpc) is 2.48. The Hall–Kier alpha value is -2.69. The lowest BCUT2D eigenvalue weighted by Crippen LogP contribution is -2.16. The van der Waals surface area contributed by atoms with Crippen LogP contribution in [-0.2, 0) is 11.2 Å². The van der Waals surface area contributed by atoms with E-state index in [4.69, 9.17) is 5.11 Å². The van der Waals surface area contributed by atoms with E-state index in [2.05, 4.69) is 10.3 Å². The molecule has 0 radical (unpaired) electrons. The molecule has 0 unspecified atom stereocenters. The van der Waals surface area contributed by atoms with Crippen molar-refractivity contribution in [2.75, 3.05) is 5.32 Å². The van der Waals surface area contributed by atoms with E-state index in [9.17, 15) is 9.59 Å². The van der Waals surface area contributed by atoms with Crippen LogP contribution in [0.1, 0.15) is 28.0 Å². The van der Waals surface area contributed by atoms with Crippen LogP contribution in [0, 0.1) is 6.92 Å². The number of aromatic nitrogens is 1. The van der Waals surface area contributed by atoms with Crippen molar-refractivity contribution in [3.63, 3.8) is 0 Å². The molecule has 0 fully saturated rings. The Morgan fingerprint density at radius 2 is 2.00 bits per heavy atom. The van der Waals surface area contributed by atoms with Crippen LogP contribution in [-0.4, -0.2) is 22.0 Å². The Bertz CT molecular complexity index is 654. The van der Waals surface area contributed by atoms with Crippen LogP contribution in [0.2, 0.25) is 0 Å². The van der Waals surface area contributed by atoms with Crippen LogP contribution in [0.4, 0.5) is 5.69 Å². The third kappa shape index (κ3) is 3.89. The number of benzene rings is 1. The highest BCUT2D eigenvalue weighted by atomic mass is 16.4. The molecular formula is C16H16N2O3. The second kappa shape index (κ2) is 6.65. The van der Waals surface area contributed by atoms with Gasteiger partial charge in [-0.3, -0.25) is 9.78 Å². The van der Waals surface area contributed by atoms with Crippen molar-refractivity contribution in [1.29, 1.82) is 0 Å². The van der Waals surface area contributed by atoms with Crippen LogP contribution in [0.3, 0.4) is 0 Å². The first kappa shape index (κ1) is 14.7. The maximum absolute atomic E-state index is 12.0. The number of aromatic carboxylic acids is 1. The number of aryl methyl sites for hydroxylation is 2. The molecule has 0 bridgehead atoms. The van der Waals surface area contributed by atoms with E-state index in [-0.39, 0.29) is 17.9 Å². The molecule has 0 saturated carbocycles. The molecule has 1 amide bonds. The molecule has 1 heterocycles. The Labute approximate surface area is 122 Å². The van der Waals surface area contributed by atoms with Gasteiger partial charge in [0.15, 0.2) is 0 Å². The van der Waals surface area contributed by atoms with Crippen LogP contribution in [0.25, 0.3) is 0 Å². The van der Waals surface area contributed by atoms with Crippen molar-refractivity contribution in [3.05, 3.63) is 59.4 Å². The number of anilines is 1. The van der Waals surface area contributed by atoms with Crippen molar-refractivity contribution in [2.24, 2.45) is 0 Å². The number of carboxylic acid groups (broad SMARTS) is 1. The van der Waals surface area contributed by atoms with Gasteiger partial charge in [-0.05, 0) is 37.1 Å². The molecule has 0 atom stereocenters. The minimum absolute atomic E-state index is 0.0983. The molecule has 1 aromatic heterocycles. The fraction of sp³-hybridized carbons (Fsp3) is 0.188. The first-order chi connectivity index (χ1) is 10.1. The van der Waals surface area contributed by atoms with E-state index in [1.807, 2.05) is 18.2 Å². The van der Waals surface area contributed by atoms with Gasteiger partial charge in [-0.1, -0.05) is 18.2 Å². The predicted molar refractivity (Wildman–Crippen MR) is 79.3 cm³/mol. The summed E-state index contributed by atoms with van der Waals surface area (Å²) in [4.78, 5) is 27.3. The number of carboxylic acids is 1. The van der Waals surface area contributed by atoms with Gasteiger partial charge in [0.1, 0.15) is 0 Å². The minimum atomic E-state index is -1.06. The lowest BCUT2D eigenvalue weighted by Gasteiger charge is -2.11. The number of rotatable bonds is 5. The second-order valence-corrected chi connectivity index (χ2v) is 4.67. The van der Waals surface area contributed by atoms with Gasteiger partial charge in [-0.25, -0.2) is 4.79 Å². The molecule has 0 aliphatic carbocycles. The normalized spacial score (nSPS) is 10.1. The molecular weight excluding hydrogens is 268 g/mol. The van der Waals surface area contributed by atoms with E-state index in [1.165, 1.54) is 6.07 Å². The van der Waals surface area contributed by atoms with Gasteiger partial charge in [-0.2, -0.15) is 0 Å². The average molecular weight is 284 g/mol. The van der Waals surface area contributed by atoms with Gasteiger partial charge < -0.3 is 10.4 Å². The standard InChI is InChI=1S/C16H16N2O3/c1-11-5-4-7-13(16(20)21)15(11)18-14(19)9-8-12-6-2-3-10-17-12/h2-7,10H,8-9H2,1H3,(H,18,19)(H,20,21). The summed E-state index contributed by atoms with van der Waals surface area (Å²) in [5.41, 5.74) is 2.01. The van der Waals surface area contributed by atoms with Gasteiger partial charge in [0, 0.05) is 18.3 Å². The molecule has 5 nitrogen and oxygen atoms in total. The van der Waals surface area contributed by atoms with Crippen molar-refractivity contribution in [1.82, 2.24) is 4.98 Å². The van der Waals surface area contributed by atoms with E-state index < -0.39 is 5.97 Å². The van der Waals surface area contributed by atoms with Crippen LogP contribution in [0.5, 0.6) is 0 Å². The van der Waals surface area contributed by atoms with Gasteiger partial charge >= 0.3 is 5.97 Å². The topological polar surface area (TPSA) is 79.3 Å². The van der Waals surface area contributed by atoms with Crippen molar-refractivity contribution in [3.8, 4) is 0 Å². The van der Waals surface area contributed by atoms with Crippen molar-refractivity contribution >= 4 is 17.6 Å². The SMILES string of the molecule is Cc1cccc(C(=O)O)c1NC(=O)CCc1ccccn1. The van der Waals surface area contributed by atoms with Gasteiger partial charge in [0.05, 0.1) is 11.3 Å². The molecule has 2 aromatic rings. The molecule has 21 heavy (non-hydrogen) atoms. The van der Waals surface area contributed by atoms with Crippen LogP contribution >= 0.6 is 0 Å². The number of hydrogen-bond donors (Lipinski definition) is 2. The second-order valence-electron chi connectivity index (χ2n) is 4.67.